The molecule has 0 aliphatic heterocycles. The van der Waals surface area contributed by atoms with Crippen molar-refractivity contribution in [1.29, 1.82) is 0 Å². The van der Waals surface area contributed by atoms with Crippen molar-refractivity contribution in [2.75, 3.05) is 6.54 Å². The van der Waals surface area contributed by atoms with Crippen LogP contribution in [0.2, 0.25) is 5.02 Å². The first-order valence-corrected chi connectivity index (χ1v) is 4.78. The topological polar surface area (TPSA) is 26.0 Å². The Morgan fingerprint density at radius 3 is 2.29 bits per heavy atom. The van der Waals surface area contributed by atoms with Crippen LogP contribution < -0.4 is 5.73 Å². The molecule has 0 spiro atoms. The molecular formula is C10H12ClF2N. The van der Waals surface area contributed by atoms with Gasteiger partial charge in [-0.15, -0.1) is 0 Å². The minimum atomic E-state index is -0.717. The minimum Gasteiger partial charge on any atom is -0.330 e. The lowest BCUT2D eigenvalue weighted by Gasteiger charge is -2.11. The second kappa shape index (κ2) is 4.71. The lowest BCUT2D eigenvalue weighted by Crippen LogP contribution is -2.05. The molecule has 0 aromatic heterocycles. The molecule has 1 atom stereocenters. The Morgan fingerprint density at radius 1 is 1.36 bits per heavy atom. The summed E-state index contributed by atoms with van der Waals surface area (Å²) >= 11 is 5.36. The maximum absolute atomic E-state index is 13.0. The van der Waals surface area contributed by atoms with Crippen molar-refractivity contribution >= 4 is 11.6 Å². The molecule has 0 radical (unpaired) electrons. The summed E-state index contributed by atoms with van der Waals surface area (Å²) in [5.41, 5.74) is 5.95. The number of rotatable bonds is 3. The van der Waals surface area contributed by atoms with E-state index in [0.717, 1.165) is 0 Å². The van der Waals surface area contributed by atoms with E-state index in [0.29, 0.717) is 18.5 Å². The summed E-state index contributed by atoms with van der Waals surface area (Å²) < 4.78 is 26.1. The molecule has 2 N–H and O–H groups in total. The third kappa shape index (κ3) is 2.42. The predicted octanol–water partition coefficient (Wildman–Crippen LogP) is 3.07. The smallest absolute Gasteiger partial charge is 0.145 e. The fourth-order valence-corrected chi connectivity index (χ4v) is 1.39. The highest BCUT2D eigenvalue weighted by molar-refractivity contribution is 6.30. The fraction of sp³-hybridized carbons (Fsp3) is 0.400. The summed E-state index contributed by atoms with van der Waals surface area (Å²) in [7, 11) is 0. The second-order valence-corrected chi connectivity index (χ2v) is 3.65. The third-order valence-corrected chi connectivity index (χ3v) is 2.54. The summed E-state index contributed by atoms with van der Waals surface area (Å²) in [5, 5.41) is -0.450. The van der Waals surface area contributed by atoms with Crippen LogP contribution in [0.3, 0.4) is 0 Å². The standard InChI is InChI=1S/C10H12ClF2N/c1-6(2-3-14)7-4-8(12)10(11)9(13)5-7/h4-6H,2-3,14H2,1H3. The first kappa shape index (κ1) is 11.4. The normalized spacial score (nSPS) is 12.9. The molecule has 1 nitrogen and oxygen atoms in total. The fourth-order valence-electron chi connectivity index (χ4n) is 1.28. The number of hydrogen-bond donors (Lipinski definition) is 1. The van der Waals surface area contributed by atoms with Gasteiger partial charge in [0.1, 0.15) is 16.7 Å². The average Bonchev–Trinajstić information content (AvgIpc) is 2.13. The van der Waals surface area contributed by atoms with E-state index in [4.69, 9.17) is 17.3 Å². The Labute approximate surface area is 86.9 Å². The van der Waals surface area contributed by atoms with Crippen LogP contribution in [-0.4, -0.2) is 6.54 Å². The largest absolute Gasteiger partial charge is 0.330 e. The summed E-state index contributed by atoms with van der Waals surface area (Å²) in [6.45, 7) is 2.36. The van der Waals surface area contributed by atoms with Crippen molar-refractivity contribution < 1.29 is 8.78 Å². The molecule has 0 fully saturated rings. The predicted molar refractivity (Wildman–Crippen MR) is 53.5 cm³/mol. The van der Waals surface area contributed by atoms with Gasteiger partial charge in [0.05, 0.1) is 0 Å². The van der Waals surface area contributed by atoms with Crippen molar-refractivity contribution in [3.63, 3.8) is 0 Å². The molecule has 0 aliphatic rings. The van der Waals surface area contributed by atoms with Gasteiger partial charge in [-0.25, -0.2) is 8.78 Å². The minimum absolute atomic E-state index is 0.0428. The van der Waals surface area contributed by atoms with Gasteiger partial charge in [-0.2, -0.15) is 0 Å². The Bertz CT molecular complexity index is 305. The van der Waals surface area contributed by atoms with E-state index in [1.54, 1.807) is 0 Å². The van der Waals surface area contributed by atoms with Crippen molar-refractivity contribution in [2.45, 2.75) is 19.3 Å². The van der Waals surface area contributed by atoms with Gasteiger partial charge in [0.25, 0.3) is 0 Å². The molecule has 0 saturated heterocycles. The van der Waals surface area contributed by atoms with Crippen molar-refractivity contribution in [1.82, 2.24) is 0 Å². The zero-order chi connectivity index (χ0) is 10.7. The first-order chi connectivity index (χ1) is 6.56. The summed E-state index contributed by atoms with van der Waals surface area (Å²) in [4.78, 5) is 0. The Hall–Kier alpha value is -0.670. The van der Waals surface area contributed by atoms with Crippen LogP contribution in [0.1, 0.15) is 24.8 Å². The zero-order valence-electron chi connectivity index (χ0n) is 7.86. The third-order valence-electron chi connectivity index (χ3n) is 2.17. The molecule has 0 heterocycles. The van der Waals surface area contributed by atoms with Gasteiger partial charge in [0.15, 0.2) is 0 Å². The Morgan fingerprint density at radius 2 is 1.86 bits per heavy atom. The van der Waals surface area contributed by atoms with Crippen molar-refractivity contribution in [2.24, 2.45) is 5.73 Å². The number of nitrogens with two attached hydrogens (primary N) is 1. The van der Waals surface area contributed by atoms with E-state index < -0.39 is 16.7 Å². The summed E-state index contributed by atoms with van der Waals surface area (Å²) in [6.07, 6.45) is 0.695. The highest BCUT2D eigenvalue weighted by Crippen LogP contribution is 2.26. The van der Waals surface area contributed by atoms with Gasteiger partial charge in [-0.1, -0.05) is 18.5 Å². The molecule has 4 heteroatoms. The van der Waals surface area contributed by atoms with Gasteiger partial charge >= 0.3 is 0 Å². The molecule has 14 heavy (non-hydrogen) atoms. The zero-order valence-corrected chi connectivity index (χ0v) is 8.61. The maximum Gasteiger partial charge on any atom is 0.145 e. The van der Waals surface area contributed by atoms with Crippen LogP contribution in [0.25, 0.3) is 0 Å². The van der Waals surface area contributed by atoms with Crippen LogP contribution >= 0.6 is 11.6 Å². The molecule has 0 saturated carbocycles. The molecule has 0 aliphatic carbocycles. The number of hydrogen-bond acceptors (Lipinski definition) is 1. The van der Waals surface area contributed by atoms with Gasteiger partial charge in [0.2, 0.25) is 0 Å². The van der Waals surface area contributed by atoms with E-state index in [-0.39, 0.29) is 5.92 Å². The number of halogens is 3. The van der Waals surface area contributed by atoms with Crippen LogP contribution in [0, 0.1) is 11.6 Å². The van der Waals surface area contributed by atoms with Gasteiger partial charge in [-0.05, 0) is 36.6 Å². The molecule has 1 aromatic rings. The van der Waals surface area contributed by atoms with E-state index in [9.17, 15) is 8.78 Å². The lowest BCUT2D eigenvalue weighted by molar-refractivity contribution is 0.572. The van der Waals surface area contributed by atoms with E-state index in [1.165, 1.54) is 12.1 Å². The number of benzene rings is 1. The van der Waals surface area contributed by atoms with Gasteiger partial charge in [0, 0.05) is 0 Å². The van der Waals surface area contributed by atoms with Crippen LogP contribution in [0.5, 0.6) is 0 Å². The Kier molecular flexibility index (Phi) is 3.84. The van der Waals surface area contributed by atoms with Crippen molar-refractivity contribution in [3.8, 4) is 0 Å². The van der Waals surface area contributed by atoms with E-state index in [1.807, 2.05) is 6.92 Å². The second-order valence-electron chi connectivity index (χ2n) is 3.28. The molecule has 78 valence electrons. The lowest BCUT2D eigenvalue weighted by atomic mass is 9.98. The van der Waals surface area contributed by atoms with Crippen LogP contribution in [-0.2, 0) is 0 Å². The summed E-state index contributed by atoms with van der Waals surface area (Å²) in [5.74, 6) is -1.39. The maximum atomic E-state index is 13.0. The average molecular weight is 220 g/mol. The molecule has 0 bridgehead atoms. The van der Waals surface area contributed by atoms with Crippen molar-refractivity contribution in [3.05, 3.63) is 34.4 Å². The van der Waals surface area contributed by atoms with E-state index >= 15 is 0 Å². The van der Waals surface area contributed by atoms with E-state index in [2.05, 4.69) is 0 Å². The monoisotopic (exact) mass is 219 g/mol. The highest BCUT2D eigenvalue weighted by atomic mass is 35.5. The highest BCUT2D eigenvalue weighted by Gasteiger charge is 2.12. The molecule has 1 unspecified atom stereocenters. The first-order valence-electron chi connectivity index (χ1n) is 4.40. The molecular weight excluding hydrogens is 208 g/mol. The molecule has 1 aromatic carbocycles. The molecule has 0 amide bonds. The quantitative estimate of drug-likeness (QED) is 0.777. The Balaban J connectivity index is 3.00. The van der Waals surface area contributed by atoms with Crippen LogP contribution in [0.15, 0.2) is 12.1 Å². The van der Waals surface area contributed by atoms with Gasteiger partial charge in [-0.3, -0.25) is 0 Å². The SMILES string of the molecule is CC(CCN)c1cc(F)c(Cl)c(F)c1. The van der Waals surface area contributed by atoms with Crippen LogP contribution in [0.4, 0.5) is 8.78 Å². The van der Waals surface area contributed by atoms with Gasteiger partial charge < -0.3 is 5.73 Å². The summed E-state index contributed by atoms with van der Waals surface area (Å²) in [6, 6.07) is 2.51. The molecule has 1 rings (SSSR count).